The zero-order valence-corrected chi connectivity index (χ0v) is 17.6. The van der Waals surface area contributed by atoms with Gasteiger partial charge in [-0.1, -0.05) is 106 Å². The van der Waals surface area contributed by atoms with Gasteiger partial charge in [-0.05, 0) is 17.5 Å². The minimum Gasteiger partial charge on any atom is -0.467 e. The van der Waals surface area contributed by atoms with Crippen LogP contribution in [0.25, 0.3) is 0 Å². The Morgan fingerprint density at radius 3 is 1.86 bits per heavy atom. The number of amides is 1. The van der Waals surface area contributed by atoms with E-state index in [0.717, 1.165) is 30.4 Å². The van der Waals surface area contributed by atoms with E-state index < -0.39 is 12.0 Å². The molecule has 1 atom stereocenters. The van der Waals surface area contributed by atoms with E-state index in [-0.39, 0.29) is 11.9 Å². The van der Waals surface area contributed by atoms with E-state index in [1.807, 2.05) is 60.7 Å². The van der Waals surface area contributed by atoms with Crippen LogP contribution in [0.4, 0.5) is 0 Å². The van der Waals surface area contributed by atoms with Crippen molar-refractivity contribution in [2.45, 2.75) is 63.8 Å². The molecule has 0 fully saturated rings. The van der Waals surface area contributed by atoms with Crippen molar-refractivity contribution in [2.24, 2.45) is 0 Å². The Hall–Kier alpha value is -2.62. The number of ether oxygens (including phenoxy) is 1. The number of methoxy groups -OCH3 is 1. The molecule has 0 bridgehead atoms. The second-order valence-corrected chi connectivity index (χ2v) is 7.40. The third-order valence-electron chi connectivity index (χ3n) is 5.18. The average molecular weight is 396 g/mol. The van der Waals surface area contributed by atoms with Crippen molar-refractivity contribution in [1.29, 1.82) is 0 Å². The molecule has 0 spiro atoms. The van der Waals surface area contributed by atoms with Gasteiger partial charge < -0.3 is 10.1 Å². The zero-order chi connectivity index (χ0) is 20.9. The summed E-state index contributed by atoms with van der Waals surface area (Å²) in [5.41, 5.74) is 1.80. The van der Waals surface area contributed by atoms with Crippen LogP contribution in [0.3, 0.4) is 0 Å². The summed E-state index contributed by atoms with van der Waals surface area (Å²) < 4.78 is 4.95. The topological polar surface area (TPSA) is 55.4 Å². The van der Waals surface area contributed by atoms with Gasteiger partial charge in [0.25, 0.3) is 0 Å². The molecule has 0 saturated carbocycles. The van der Waals surface area contributed by atoms with Crippen molar-refractivity contribution in [3.63, 3.8) is 0 Å². The summed E-state index contributed by atoms with van der Waals surface area (Å²) in [6.45, 7) is 2.19. The monoisotopic (exact) mass is 395 g/mol. The summed E-state index contributed by atoms with van der Waals surface area (Å²) in [7, 11) is 1.37. The van der Waals surface area contributed by atoms with Gasteiger partial charge in [0, 0.05) is 0 Å². The fourth-order valence-corrected chi connectivity index (χ4v) is 3.56. The van der Waals surface area contributed by atoms with Crippen LogP contribution in [0, 0.1) is 0 Å². The normalized spacial score (nSPS) is 11.8. The van der Waals surface area contributed by atoms with Gasteiger partial charge in [0.1, 0.15) is 6.04 Å². The fraction of sp³-hybridized carbons (Fsp3) is 0.440. The largest absolute Gasteiger partial charge is 0.467 e. The molecule has 0 radical (unpaired) electrons. The van der Waals surface area contributed by atoms with Crippen molar-refractivity contribution >= 4 is 11.9 Å². The number of unbranched alkanes of at least 4 members (excludes halogenated alkanes) is 5. The Morgan fingerprint density at radius 2 is 1.34 bits per heavy atom. The second kappa shape index (κ2) is 12.8. The summed E-state index contributed by atoms with van der Waals surface area (Å²) in [5, 5.41) is 2.95. The molecule has 1 N–H and O–H groups in total. The van der Waals surface area contributed by atoms with Crippen LogP contribution in [0.15, 0.2) is 60.7 Å². The van der Waals surface area contributed by atoms with Crippen LogP contribution in [-0.2, 0) is 14.3 Å². The molecule has 0 unspecified atom stereocenters. The summed E-state index contributed by atoms with van der Waals surface area (Å²) in [6.07, 6.45) is 7.38. The van der Waals surface area contributed by atoms with E-state index in [9.17, 15) is 9.59 Å². The molecule has 2 aromatic carbocycles. The van der Waals surface area contributed by atoms with E-state index in [1.54, 1.807) is 0 Å². The van der Waals surface area contributed by atoms with Crippen LogP contribution in [0.5, 0.6) is 0 Å². The summed E-state index contributed by atoms with van der Waals surface area (Å²) in [5.74, 6) is -1.02. The fourth-order valence-electron chi connectivity index (χ4n) is 3.56. The third-order valence-corrected chi connectivity index (χ3v) is 5.18. The molecule has 29 heavy (non-hydrogen) atoms. The highest BCUT2D eigenvalue weighted by Gasteiger charge is 2.28. The van der Waals surface area contributed by atoms with Gasteiger partial charge >= 0.3 is 5.97 Å². The molecule has 0 aliphatic rings. The van der Waals surface area contributed by atoms with E-state index in [4.69, 9.17) is 4.74 Å². The van der Waals surface area contributed by atoms with Gasteiger partial charge in [0.2, 0.25) is 5.91 Å². The number of carbonyl (C=O) groups excluding carboxylic acids is 2. The smallest absolute Gasteiger partial charge is 0.328 e. The molecule has 0 aliphatic heterocycles. The average Bonchev–Trinajstić information content (AvgIpc) is 2.76. The van der Waals surface area contributed by atoms with Crippen LogP contribution >= 0.6 is 0 Å². The maximum atomic E-state index is 13.2. The number of esters is 1. The lowest BCUT2D eigenvalue weighted by Gasteiger charge is -2.22. The first-order valence-corrected chi connectivity index (χ1v) is 10.7. The number of benzene rings is 2. The van der Waals surface area contributed by atoms with Crippen LogP contribution in [0.1, 0.15) is 68.9 Å². The maximum absolute atomic E-state index is 13.2. The number of nitrogens with one attached hydrogen (secondary N) is 1. The van der Waals surface area contributed by atoms with Gasteiger partial charge in [-0.3, -0.25) is 4.79 Å². The van der Waals surface area contributed by atoms with Crippen molar-refractivity contribution in [3.05, 3.63) is 71.8 Å². The Morgan fingerprint density at radius 1 is 0.828 bits per heavy atom. The van der Waals surface area contributed by atoms with Gasteiger partial charge in [0.05, 0.1) is 13.0 Å². The second-order valence-electron chi connectivity index (χ2n) is 7.40. The SMILES string of the molecule is CCCCCCCC[C@H](NC(=O)C(c1ccccc1)c1ccccc1)C(=O)OC. The van der Waals surface area contributed by atoms with Gasteiger partial charge in [-0.25, -0.2) is 4.79 Å². The highest BCUT2D eigenvalue weighted by atomic mass is 16.5. The molecule has 1 amide bonds. The molecule has 0 aliphatic carbocycles. The minimum atomic E-state index is -0.617. The predicted molar refractivity (Wildman–Crippen MR) is 117 cm³/mol. The first-order valence-electron chi connectivity index (χ1n) is 10.7. The summed E-state index contributed by atoms with van der Waals surface area (Å²) in [4.78, 5) is 25.5. The van der Waals surface area contributed by atoms with Crippen molar-refractivity contribution in [2.75, 3.05) is 7.11 Å². The van der Waals surface area contributed by atoms with Crippen molar-refractivity contribution in [1.82, 2.24) is 5.32 Å². The standard InChI is InChI=1S/C25H33NO3/c1-3-4-5-6-7-14-19-22(25(28)29-2)26-24(27)23(20-15-10-8-11-16-20)21-17-12-9-13-18-21/h8-13,15-18,22-23H,3-7,14,19H2,1-2H3,(H,26,27)/t22-/m0/s1. The van der Waals surface area contributed by atoms with Gasteiger partial charge in [-0.2, -0.15) is 0 Å². The Kier molecular flexibility index (Phi) is 9.98. The molecule has 2 aromatic rings. The maximum Gasteiger partial charge on any atom is 0.328 e. The lowest BCUT2D eigenvalue weighted by atomic mass is 9.90. The van der Waals surface area contributed by atoms with E-state index in [2.05, 4.69) is 12.2 Å². The van der Waals surface area contributed by atoms with Crippen LogP contribution in [0.2, 0.25) is 0 Å². The minimum absolute atomic E-state index is 0.177. The lowest BCUT2D eigenvalue weighted by Crippen LogP contribution is -2.43. The molecule has 0 aromatic heterocycles. The van der Waals surface area contributed by atoms with Crippen molar-refractivity contribution in [3.8, 4) is 0 Å². The molecule has 0 heterocycles. The van der Waals surface area contributed by atoms with E-state index in [1.165, 1.54) is 26.4 Å². The molecule has 4 heteroatoms. The Labute approximate surface area is 174 Å². The van der Waals surface area contributed by atoms with Gasteiger partial charge in [0.15, 0.2) is 0 Å². The number of hydrogen-bond acceptors (Lipinski definition) is 3. The molecule has 0 saturated heterocycles. The van der Waals surface area contributed by atoms with Crippen LogP contribution in [-0.4, -0.2) is 25.0 Å². The van der Waals surface area contributed by atoms with E-state index >= 15 is 0 Å². The van der Waals surface area contributed by atoms with Gasteiger partial charge in [-0.15, -0.1) is 0 Å². The Bertz CT molecular complexity index is 691. The molecule has 4 nitrogen and oxygen atoms in total. The van der Waals surface area contributed by atoms with Crippen LogP contribution < -0.4 is 5.32 Å². The quantitative estimate of drug-likeness (QED) is 0.396. The third kappa shape index (κ3) is 7.37. The first kappa shape index (κ1) is 22.7. The molecule has 156 valence electrons. The summed E-state index contributed by atoms with van der Waals surface area (Å²) in [6, 6.07) is 18.7. The highest BCUT2D eigenvalue weighted by molar-refractivity contribution is 5.91. The van der Waals surface area contributed by atoms with E-state index in [0.29, 0.717) is 6.42 Å². The summed E-state index contributed by atoms with van der Waals surface area (Å²) >= 11 is 0. The molecular weight excluding hydrogens is 362 g/mol. The number of hydrogen-bond donors (Lipinski definition) is 1. The molecule has 2 rings (SSSR count). The number of rotatable bonds is 12. The molecular formula is C25H33NO3. The van der Waals surface area contributed by atoms with Crippen molar-refractivity contribution < 1.29 is 14.3 Å². The first-order chi connectivity index (χ1) is 14.2. The zero-order valence-electron chi connectivity index (χ0n) is 17.6. The predicted octanol–water partition coefficient (Wildman–Crippen LogP) is 5.23. The Balaban J connectivity index is 2.08. The number of carbonyl (C=O) groups is 2. The lowest BCUT2D eigenvalue weighted by molar-refractivity contribution is -0.145. The highest BCUT2D eigenvalue weighted by Crippen LogP contribution is 2.25.